The Kier molecular flexibility index (Phi) is 8.35. The van der Waals surface area contributed by atoms with Gasteiger partial charge in [-0.15, -0.1) is 0 Å². The molecule has 1 fully saturated rings. The van der Waals surface area contributed by atoms with Gasteiger partial charge in [0, 0.05) is 37.0 Å². The van der Waals surface area contributed by atoms with Crippen molar-refractivity contribution < 1.29 is 22.7 Å². The van der Waals surface area contributed by atoms with E-state index in [-0.39, 0.29) is 28.2 Å². The highest BCUT2D eigenvalue weighted by Crippen LogP contribution is 2.34. The molecule has 0 radical (unpaired) electrons. The Labute approximate surface area is 223 Å². The molecule has 38 heavy (non-hydrogen) atoms. The summed E-state index contributed by atoms with van der Waals surface area (Å²) >= 11 is 0. The van der Waals surface area contributed by atoms with Crippen molar-refractivity contribution in [3.05, 3.63) is 46.9 Å². The smallest absolute Gasteiger partial charge is 0.343 e. The summed E-state index contributed by atoms with van der Waals surface area (Å²) in [6.07, 6.45) is 4.68. The lowest BCUT2D eigenvalue weighted by Gasteiger charge is -2.23. The van der Waals surface area contributed by atoms with Gasteiger partial charge in [0.25, 0.3) is 10.0 Å². The largest absolute Gasteiger partial charge is 0.495 e. The first kappa shape index (κ1) is 27.6. The number of anilines is 1. The van der Waals surface area contributed by atoms with Crippen LogP contribution in [0.3, 0.4) is 0 Å². The zero-order valence-electron chi connectivity index (χ0n) is 22.4. The Balaban J connectivity index is 1.84. The molecule has 1 N–H and O–H groups in total. The van der Waals surface area contributed by atoms with Crippen molar-refractivity contribution in [3.63, 3.8) is 0 Å². The Morgan fingerprint density at radius 3 is 2.37 bits per heavy atom. The highest BCUT2D eigenvalue weighted by Gasteiger charge is 2.31. The molecule has 3 aromatic rings. The molecule has 0 aliphatic heterocycles. The molecule has 1 aliphatic rings. The lowest BCUT2D eigenvalue weighted by atomic mass is 9.95. The van der Waals surface area contributed by atoms with Crippen LogP contribution in [0, 0.1) is 0 Å². The third-order valence-electron chi connectivity index (χ3n) is 7.04. The SMILES string of the molecule is CCOc1ccc2c(c1)n(C1CCCCC1)c(=O)n2S(=O)(=O)c1ccc(NC(=O)N(CC)CC)cc1OC. The van der Waals surface area contributed by atoms with E-state index in [9.17, 15) is 18.0 Å². The minimum absolute atomic E-state index is 0.0266. The quantitative estimate of drug-likeness (QED) is 0.413. The number of urea groups is 1. The van der Waals surface area contributed by atoms with Crippen LogP contribution in [0.5, 0.6) is 11.5 Å². The minimum atomic E-state index is -4.36. The highest BCUT2D eigenvalue weighted by atomic mass is 32.2. The number of ether oxygens (including phenoxy) is 2. The number of benzene rings is 2. The van der Waals surface area contributed by atoms with E-state index >= 15 is 0 Å². The second kappa shape index (κ2) is 11.5. The molecule has 11 heteroatoms. The van der Waals surface area contributed by atoms with Crippen LogP contribution in [0.1, 0.15) is 58.9 Å². The molecule has 0 unspecified atom stereocenters. The van der Waals surface area contributed by atoms with Gasteiger partial charge in [-0.2, -0.15) is 3.97 Å². The summed E-state index contributed by atoms with van der Waals surface area (Å²) in [5, 5.41) is 2.77. The Hall–Kier alpha value is -3.47. The Morgan fingerprint density at radius 2 is 1.74 bits per heavy atom. The number of imidazole rings is 1. The molecule has 1 heterocycles. The number of hydrogen-bond donors (Lipinski definition) is 1. The summed E-state index contributed by atoms with van der Waals surface area (Å²) in [6, 6.07) is 8.94. The molecule has 206 valence electrons. The molecular weight excluding hydrogens is 508 g/mol. The molecule has 0 saturated heterocycles. The number of nitrogens with zero attached hydrogens (tertiary/aromatic N) is 3. The molecule has 2 amide bonds. The standard InChI is InChI=1S/C27H36N4O6S/c1-5-29(6-2)26(32)28-19-13-16-25(24(17-19)36-4)38(34,35)31-22-15-14-21(37-7-3)18-23(22)30(27(31)33)20-11-9-8-10-12-20/h13-18,20H,5-12H2,1-4H3,(H,28,32). The van der Waals surface area contributed by atoms with Gasteiger partial charge in [-0.25, -0.2) is 18.0 Å². The monoisotopic (exact) mass is 544 g/mol. The van der Waals surface area contributed by atoms with Crippen LogP contribution >= 0.6 is 0 Å². The van der Waals surface area contributed by atoms with Crippen molar-refractivity contribution >= 4 is 32.8 Å². The second-order valence-corrected chi connectivity index (χ2v) is 11.0. The van der Waals surface area contributed by atoms with Crippen molar-refractivity contribution in [2.24, 2.45) is 0 Å². The van der Waals surface area contributed by atoms with E-state index < -0.39 is 15.7 Å². The molecule has 2 aromatic carbocycles. The number of amides is 2. The van der Waals surface area contributed by atoms with E-state index in [1.807, 2.05) is 20.8 Å². The summed E-state index contributed by atoms with van der Waals surface area (Å²) in [5.74, 6) is 0.601. The Bertz CT molecular complexity index is 1470. The van der Waals surface area contributed by atoms with Crippen LogP contribution in [0.15, 0.2) is 46.1 Å². The van der Waals surface area contributed by atoms with Gasteiger partial charge in [0.1, 0.15) is 16.4 Å². The number of rotatable bonds is 9. The molecule has 10 nitrogen and oxygen atoms in total. The first-order valence-electron chi connectivity index (χ1n) is 13.2. The third kappa shape index (κ3) is 5.11. The number of aromatic nitrogens is 2. The lowest BCUT2D eigenvalue weighted by molar-refractivity contribution is 0.217. The van der Waals surface area contributed by atoms with E-state index in [2.05, 4.69) is 5.32 Å². The molecule has 4 rings (SSSR count). The average Bonchev–Trinajstić information content (AvgIpc) is 3.21. The maximum Gasteiger partial charge on any atom is 0.343 e. The van der Waals surface area contributed by atoms with Crippen LogP contribution in [-0.2, 0) is 10.0 Å². The van der Waals surface area contributed by atoms with Crippen LogP contribution < -0.4 is 20.5 Å². The maximum absolute atomic E-state index is 14.0. The summed E-state index contributed by atoms with van der Waals surface area (Å²) in [6.45, 7) is 7.13. The maximum atomic E-state index is 14.0. The molecule has 0 spiro atoms. The van der Waals surface area contributed by atoms with E-state index in [1.54, 1.807) is 27.7 Å². The van der Waals surface area contributed by atoms with Gasteiger partial charge < -0.3 is 19.7 Å². The van der Waals surface area contributed by atoms with Crippen molar-refractivity contribution in [2.45, 2.75) is 63.8 Å². The average molecular weight is 545 g/mol. The summed E-state index contributed by atoms with van der Waals surface area (Å²) < 4.78 is 41.6. The fourth-order valence-electron chi connectivity index (χ4n) is 5.12. The lowest BCUT2D eigenvalue weighted by Crippen LogP contribution is -2.34. The highest BCUT2D eigenvalue weighted by molar-refractivity contribution is 7.90. The van der Waals surface area contributed by atoms with Gasteiger partial charge in [0.2, 0.25) is 0 Å². The number of fused-ring (bicyclic) bond motifs is 1. The van der Waals surface area contributed by atoms with Gasteiger partial charge in [-0.05, 0) is 57.9 Å². The van der Waals surface area contributed by atoms with E-state index in [0.29, 0.717) is 36.6 Å². The minimum Gasteiger partial charge on any atom is -0.495 e. The van der Waals surface area contributed by atoms with Crippen LogP contribution in [0.25, 0.3) is 11.0 Å². The second-order valence-electron chi connectivity index (χ2n) is 9.27. The van der Waals surface area contributed by atoms with E-state index in [0.717, 1.165) is 36.1 Å². The van der Waals surface area contributed by atoms with Crippen molar-refractivity contribution in [1.29, 1.82) is 0 Å². The zero-order valence-corrected chi connectivity index (χ0v) is 23.2. The molecule has 1 aliphatic carbocycles. The number of methoxy groups -OCH3 is 1. The number of carbonyl (C=O) groups is 1. The number of nitrogens with one attached hydrogen (secondary N) is 1. The molecule has 1 aromatic heterocycles. The fraction of sp³-hybridized carbons (Fsp3) is 0.481. The fourth-order valence-corrected chi connectivity index (χ4v) is 6.66. The molecule has 1 saturated carbocycles. The predicted octanol–water partition coefficient (Wildman–Crippen LogP) is 4.83. The van der Waals surface area contributed by atoms with Gasteiger partial charge in [-0.1, -0.05) is 19.3 Å². The van der Waals surface area contributed by atoms with Gasteiger partial charge in [0.05, 0.1) is 24.8 Å². The van der Waals surface area contributed by atoms with Crippen molar-refractivity contribution in [3.8, 4) is 11.5 Å². The molecule has 0 atom stereocenters. The third-order valence-corrected chi connectivity index (χ3v) is 8.77. The predicted molar refractivity (Wildman–Crippen MR) is 147 cm³/mol. The van der Waals surface area contributed by atoms with Gasteiger partial charge >= 0.3 is 11.7 Å². The summed E-state index contributed by atoms with van der Waals surface area (Å²) in [4.78, 5) is 27.8. The van der Waals surface area contributed by atoms with E-state index in [1.165, 1.54) is 25.3 Å². The Morgan fingerprint density at radius 1 is 1.03 bits per heavy atom. The zero-order chi connectivity index (χ0) is 27.4. The molecular formula is C27H36N4O6S. The van der Waals surface area contributed by atoms with Crippen LogP contribution in [0.2, 0.25) is 0 Å². The summed E-state index contributed by atoms with van der Waals surface area (Å²) in [7, 11) is -3.00. The first-order chi connectivity index (χ1) is 18.3. The van der Waals surface area contributed by atoms with Gasteiger partial charge in [0.15, 0.2) is 0 Å². The first-order valence-corrected chi connectivity index (χ1v) is 14.6. The van der Waals surface area contributed by atoms with Crippen LogP contribution in [-0.4, -0.2) is 54.7 Å². The molecule has 0 bridgehead atoms. The summed E-state index contributed by atoms with van der Waals surface area (Å²) in [5.41, 5.74) is 0.584. The van der Waals surface area contributed by atoms with Crippen molar-refractivity contribution in [1.82, 2.24) is 13.4 Å². The number of hydrogen-bond acceptors (Lipinski definition) is 6. The van der Waals surface area contributed by atoms with E-state index in [4.69, 9.17) is 9.47 Å². The number of carbonyl (C=O) groups excluding carboxylic acids is 1. The van der Waals surface area contributed by atoms with Crippen molar-refractivity contribution in [2.75, 3.05) is 32.1 Å². The van der Waals surface area contributed by atoms with Crippen LogP contribution in [0.4, 0.5) is 10.5 Å². The topological polar surface area (TPSA) is 112 Å². The normalized spacial score (nSPS) is 14.4. The van der Waals surface area contributed by atoms with Gasteiger partial charge in [-0.3, -0.25) is 4.57 Å².